The zero-order chi connectivity index (χ0) is 17.2. The number of fused-ring (bicyclic) bond motifs is 1. The number of carbonyl (C=O) groups excluding carboxylic acids is 1. The number of benzene rings is 1. The molecule has 1 aromatic rings. The van der Waals surface area contributed by atoms with E-state index in [1.54, 1.807) is 18.1 Å². The Labute approximate surface area is 137 Å². The van der Waals surface area contributed by atoms with Crippen molar-refractivity contribution < 1.29 is 9.53 Å². The number of nitrogens with two attached hydrogens (primary N) is 2. The summed E-state index contributed by atoms with van der Waals surface area (Å²) in [5.41, 5.74) is 9.37. The minimum Gasteiger partial charge on any atom is -0.444 e. The van der Waals surface area contributed by atoms with Gasteiger partial charge < -0.3 is 20.4 Å². The van der Waals surface area contributed by atoms with E-state index in [0.717, 1.165) is 17.5 Å². The van der Waals surface area contributed by atoms with Gasteiger partial charge in [-0.25, -0.2) is 10.6 Å². The van der Waals surface area contributed by atoms with Gasteiger partial charge in [-0.15, -0.1) is 0 Å². The Hall–Kier alpha value is -2.21. The van der Waals surface area contributed by atoms with E-state index in [2.05, 4.69) is 6.07 Å². The molecule has 2 rings (SSSR count). The highest BCUT2D eigenvalue weighted by Gasteiger charge is 2.25. The van der Waals surface area contributed by atoms with Crippen molar-refractivity contribution in [1.29, 1.82) is 0 Å². The van der Waals surface area contributed by atoms with Gasteiger partial charge >= 0.3 is 6.09 Å². The van der Waals surface area contributed by atoms with Crippen LogP contribution in [0.3, 0.4) is 0 Å². The van der Waals surface area contributed by atoms with E-state index in [0.29, 0.717) is 18.8 Å². The van der Waals surface area contributed by atoms with Crippen molar-refractivity contribution in [2.75, 3.05) is 13.6 Å². The lowest BCUT2D eigenvalue weighted by atomic mass is 9.97. The maximum atomic E-state index is 12.2. The summed E-state index contributed by atoms with van der Waals surface area (Å²) in [5, 5.41) is 1.42. The van der Waals surface area contributed by atoms with Crippen LogP contribution in [0.5, 0.6) is 0 Å². The monoisotopic (exact) mass is 318 g/mol. The van der Waals surface area contributed by atoms with Crippen molar-refractivity contribution in [2.45, 2.75) is 39.3 Å². The van der Waals surface area contributed by atoms with Crippen molar-refractivity contribution in [1.82, 2.24) is 9.91 Å². The number of amides is 1. The third kappa shape index (κ3) is 4.63. The molecule has 0 unspecified atom stereocenters. The van der Waals surface area contributed by atoms with Gasteiger partial charge in [-0.1, -0.05) is 12.1 Å². The molecule has 1 amide bonds. The molecule has 0 fully saturated rings. The number of carbonyl (C=O) groups is 1. The van der Waals surface area contributed by atoms with Gasteiger partial charge in [-0.3, -0.25) is 0 Å². The molecule has 0 bridgehead atoms. The fourth-order valence-corrected chi connectivity index (χ4v) is 2.51. The fraction of sp³-hybridized carbons (Fsp3) is 0.471. The highest BCUT2D eigenvalue weighted by molar-refractivity contribution is 5.69. The molecule has 0 aromatic heterocycles. The third-order valence-corrected chi connectivity index (χ3v) is 3.55. The minimum atomic E-state index is -0.488. The number of hydrazine groups is 1. The molecule has 1 aromatic carbocycles. The number of hydrogen-bond acceptors (Lipinski definition) is 5. The molecule has 0 aliphatic carbocycles. The Kier molecular flexibility index (Phi) is 4.85. The maximum Gasteiger partial charge on any atom is 0.410 e. The number of hydrogen-bond donors (Lipinski definition) is 2. The van der Waals surface area contributed by atoms with Crippen LogP contribution >= 0.6 is 0 Å². The van der Waals surface area contributed by atoms with Crippen molar-refractivity contribution in [2.24, 2.45) is 11.6 Å². The van der Waals surface area contributed by atoms with Gasteiger partial charge in [0.15, 0.2) is 0 Å². The average Bonchev–Trinajstić information content (AvgIpc) is 2.43. The Bertz CT molecular complexity index is 618. The van der Waals surface area contributed by atoms with Crippen LogP contribution in [0, 0.1) is 0 Å². The molecule has 4 N–H and O–H groups in total. The van der Waals surface area contributed by atoms with Gasteiger partial charge in [0.05, 0.1) is 5.70 Å². The molecule has 6 heteroatoms. The van der Waals surface area contributed by atoms with Crippen LogP contribution in [0.1, 0.15) is 37.5 Å². The molecule has 0 spiro atoms. The van der Waals surface area contributed by atoms with Crippen molar-refractivity contribution in [3.8, 4) is 0 Å². The van der Waals surface area contributed by atoms with Crippen LogP contribution < -0.4 is 11.6 Å². The summed E-state index contributed by atoms with van der Waals surface area (Å²) < 4.78 is 5.45. The number of ether oxygens (including phenoxy) is 1. The highest BCUT2D eigenvalue weighted by atomic mass is 16.6. The Balaban J connectivity index is 2.18. The smallest absolute Gasteiger partial charge is 0.410 e. The Morgan fingerprint density at radius 3 is 2.65 bits per heavy atom. The predicted octanol–water partition coefficient (Wildman–Crippen LogP) is 2.04. The van der Waals surface area contributed by atoms with Crippen LogP contribution in [0.15, 0.2) is 24.4 Å². The van der Waals surface area contributed by atoms with Crippen molar-refractivity contribution >= 4 is 11.8 Å². The largest absolute Gasteiger partial charge is 0.444 e. The van der Waals surface area contributed by atoms with E-state index in [-0.39, 0.29) is 6.09 Å². The van der Waals surface area contributed by atoms with Gasteiger partial charge in [0.25, 0.3) is 0 Å². The summed E-state index contributed by atoms with van der Waals surface area (Å²) >= 11 is 0. The summed E-state index contributed by atoms with van der Waals surface area (Å²) in [4.78, 5) is 14.0. The van der Waals surface area contributed by atoms with E-state index < -0.39 is 5.60 Å². The van der Waals surface area contributed by atoms with Crippen LogP contribution in [0.2, 0.25) is 0 Å². The van der Waals surface area contributed by atoms with Gasteiger partial charge in [0.2, 0.25) is 0 Å². The van der Waals surface area contributed by atoms with Gasteiger partial charge in [0.1, 0.15) is 5.60 Å². The summed E-state index contributed by atoms with van der Waals surface area (Å²) in [6.07, 6.45) is 2.20. The molecular formula is C17H26N4O2. The van der Waals surface area contributed by atoms with Gasteiger partial charge in [-0.2, -0.15) is 0 Å². The first-order valence-corrected chi connectivity index (χ1v) is 7.70. The van der Waals surface area contributed by atoms with Crippen molar-refractivity contribution in [3.05, 3.63) is 41.1 Å². The summed E-state index contributed by atoms with van der Waals surface area (Å²) in [6.45, 7) is 6.81. The molecule has 126 valence electrons. The summed E-state index contributed by atoms with van der Waals surface area (Å²) in [7, 11) is 1.72. The topological polar surface area (TPSA) is 84.8 Å². The summed E-state index contributed by atoms with van der Waals surface area (Å²) in [6, 6.07) is 6.06. The normalized spacial score (nSPS) is 15.2. The Morgan fingerprint density at radius 1 is 1.35 bits per heavy atom. The minimum absolute atomic E-state index is 0.279. The summed E-state index contributed by atoms with van der Waals surface area (Å²) in [5.74, 6) is 5.60. The lowest BCUT2D eigenvalue weighted by molar-refractivity contribution is 0.0224. The lowest BCUT2D eigenvalue weighted by Crippen LogP contribution is -2.39. The molecule has 1 heterocycles. The van der Waals surface area contributed by atoms with E-state index in [9.17, 15) is 4.79 Å². The second-order valence-corrected chi connectivity index (χ2v) is 6.89. The second-order valence-electron chi connectivity index (χ2n) is 6.89. The quantitative estimate of drug-likeness (QED) is 0.644. The molecule has 0 saturated heterocycles. The lowest BCUT2D eigenvalue weighted by Gasteiger charge is -2.31. The van der Waals surface area contributed by atoms with Crippen LogP contribution in [-0.2, 0) is 17.7 Å². The average molecular weight is 318 g/mol. The van der Waals surface area contributed by atoms with Crippen LogP contribution in [0.4, 0.5) is 4.79 Å². The van der Waals surface area contributed by atoms with Crippen LogP contribution in [-0.4, -0.2) is 35.2 Å². The van der Waals surface area contributed by atoms with E-state index in [4.69, 9.17) is 16.3 Å². The Morgan fingerprint density at radius 2 is 2.04 bits per heavy atom. The van der Waals surface area contributed by atoms with E-state index in [1.165, 1.54) is 10.6 Å². The zero-order valence-electron chi connectivity index (χ0n) is 14.3. The van der Waals surface area contributed by atoms with Crippen LogP contribution in [0.25, 0.3) is 5.70 Å². The first kappa shape index (κ1) is 17.1. The molecule has 6 nitrogen and oxygen atoms in total. The first-order valence-electron chi connectivity index (χ1n) is 7.70. The molecule has 0 radical (unpaired) electrons. The molecule has 1 aliphatic rings. The second kappa shape index (κ2) is 6.50. The van der Waals surface area contributed by atoms with Gasteiger partial charge in [0, 0.05) is 26.3 Å². The molecule has 0 saturated carbocycles. The fourth-order valence-electron chi connectivity index (χ4n) is 2.51. The highest BCUT2D eigenvalue weighted by Crippen LogP contribution is 2.24. The van der Waals surface area contributed by atoms with E-state index in [1.807, 2.05) is 32.9 Å². The third-order valence-electron chi connectivity index (χ3n) is 3.55. The first-order chi connectivity index (χ1) is 10.7. The number of nitrogens with zero attached hydrogens (tertiary/aromatic N) is 2. The molecule has 23 heavy (non-hydrogen) atoms. The van der Waals surface area contributed by atoms with E-state index >= 15 is 0 Å². The zero-order valence-corrected chi connectivity index (χ0v) is 14.3. The molecule has 0 atom stereocenters. The predicted molar refractivity (Wildman–Crippen MR) is 90.9 cm³/mol. The molecule has 1 aliphatic heterocycles. The van der Waals surface area contributed by atoms with Crippen molar-refractivity contribution in [3.63, 3.8) is 0 Å². The maximum absolute atomic E-state index is 12.2. The SMILES string of the molecule is CN(N)/C=C(\N)c1ccc2c(c1)CN(C(=O)OC(C)(C)C)CC2. The van der Waals surface area contributed by atoms with Gasteiger partial charge in [-0.05, 0) is 49.9 Å². The number of rotatable bonds is 2. The standard InChI is InChI=1S/C17H26N4O2/c1-17(2,3)23-16(22)21-8-7-12-5-6-13(9-14(12)10-21)15(18)11-20(4)19/h5-6,9,11H,7-8,10,18-19H2,1-4H3/b15-11-. The molecular weight excluding hydrogens is 292 g/mol.